The van der Waals surface area contributed by atoms with Crippen molar-refractivity contribution in [2.75, 3.05) is 17.3 Å². The van der Waals surface area contributed by atoms with Crippen LogP contribution in [0.3, 0.4) is 0 Å². The predicted molar refractivity (Wildman–Crippen MR) is 68.5 cm³/mol. The fraction of sp³-hybridized carbons (Fsp3) is 0.273. The van der Waals surface area contributed by atoms with E-state index in [2.05, 4.69) is 5.32 Å². The minimum Gasteiger partial charge on any atom is -0.399 e. The van der Waals surface area contributed by atoms with E-state index in [1.807, 2.05) is 6.07 Å². The first kappa shape index (κ1) is 14.0. The average Bonchev–Trinajstić information content (AvgIpc) is 2.29. The maximum absolute atomic E-state index is 11.7. The van der Waals surface area contributed by atoms with Crippen molar-refractivity contribution >= 4 is 27.1 Å². The number of carbonyl (C=O) groups is 1. The fourth-order valence-corrected chi connectivity index (χ4v) is 1.64. The van der Waals surface area contributed by atoms with Gasteiger partial charge in [-0.05, 0) is 25.1 Å². The topological polar surface area (TPSA) is 113 Å². The summed E-state index contributed by atoms with van der Waals surface area (Å²) >= 11 is 0. The average molecular weight is 267 g/mol. The van der Waals surface area contributed by atoms with Crippen LogP contribution in [0.5, 0.6) is 0 Å². The third kappa shape index (κ3) is 3.21. The molecule has 18 heavy (non-hydrogen) atoms. The molecule has 0 aliphatic carbocycles. The zero-order chi connectivity index (χ0) is 13.9. The molecule has 6 nitrogen and oxygen atoms in total. The first-order valence-corrected chi connectivity index (χ1v) is 7.00. The maximum Gasteiger partial charge on any atom is 0.242 e. The molecule has 0 radical (unpaired) electrons. The van der Waals surface area contributed by atoms with Crippen LogP contribution in [0, 0.1) is 11.3 Å². The van der Waals surface area contributed by atoms with Crippen LogP contribution in [0.15, 0.2) is 18.2 Å². The van der Waals surface area contributed by atoms with Gasteiger partial charge in [-0.2, -0.15) is 5.26 Å². The first-order valence-electron chi connectivity index (χ1n) is 5.05. The second kappa shape index (κ2) is 5.06. The number of nitrogens with one attached hydrogen (secondary N) is 1. The van der Waals surface area contributed by atoms with Gasteiger partial charge in [0.2, 0.25) is 5.91 Å². The van der Waals surface area contributed by atoms with Gasteiger partial charge in [-0.15, -0.1) is 0 Å². The molecule has 0 aliphatic rings. The van der Waals surface area contributed by atoms with Crippen LogP contribution in [0.2, 0.25) is 0 Å². The fourth-order valence-electron chi connectivity index (χ4n) is 1.19. The van der Waals surface area contributed by atoms with Crippen LogP contribution >= 0.6 is 0 Å². The van der Waals surface area contributed by atoms with Gasteiger partial charge in [0.15, 0.2) is 9.84 Å². The summed E-state index contributed by atoms with van der Waals surface area (Å²) in [5.74, 6) is -0.682. The molecule has 0 bridgehead atoms. The van der Waals surface area contributed by atoms with Gasteiger partial charge in [0.05, 0.1) is 11.3 Å². The first-order chi connectivity index (χ1) is 8.25. The normalized spacial score (nSPS) is 12.5. The monoisotopic (exact) mass is 267 g/mol. The van der Waals surface area contributed by atoms with Crippen LogP contribution in [-0.2, 0) is 14.6 Å². The number of nitriles is 1. The summed E-state index contributed by atoms with van der Waals surface area (Å²) < 4.78 is 22.5. The van der Waals surface area contributed by atoms with Crippen LogP contribution < -0.4 is 11.1 Å². The third-order valence-electron chi connectivity index (χ3n) is 2.43. The van der Waals surface area contributed by atoms with E-state index >= 15 is 0 Å². The molecule has 3 N–H and O–H groups in total. The van der Waals surface area contributed by atoms with Crippen molar-refractivity contribution in [3.05, 3.63) is 23.8 Å². The van der Waals surface area contributed by atoms with Crippen LogP contribution in [0.1, 0.15) is 12.5 Å². The largest absolute Gasteiger partial charge is 0.399 e. The lowest BCUT2D eigenvalue weighted by atomic mass is 10.1. The molecule has 0 heterocycles. The molecular formula is C11H13N3O3S. The Kier molecular flexibility index (Phi) is 3.93. The summed E-state index contributed by atoms with van der Waals surface area (Å²) in [6.45, 7) is 1.29. The Balaban J connectivity index is 3.00. The van der Waals surface area contributed by atoms with Crippen molar-refractivity contribution in [3.63, 3.8) is 0 Å². The molecule has 1 rings (SSSR count). The van der Waals surface area contributed by atoms with Gasteiger partial charge in [0.1, 0.15) is 11.3 Å². The number of hydrogen-bond acceptors (Lipinski definition) is 5. The Hall–Kier alpha value is -2.07. The summed E-state index contributed by atoms with van der Waals surface area (Å²) in [6.07, 6.45) is 0.978. The van der Waals surface area contributed by atoms with Gasteiger partial charge in [-0.3, -0.25) is 4.79 Å². The highest BCUT2D eigenvalue weighted by Crippen LogP contribution is 2.18. The number of rotatable bonds is 3. The lowest BCUT2D eigenvalue weighted by Gasteiger charge is -2.11. The van der Waals surface area contributed by atoms with Crippen molar-refractivity contribution in [2.24, 2.45) is 0 Å². The number of sulfone groups is 1. The molecule has 0 aliphatic heterocycles. The highest BCUT2D eigenvalue weighted by molar-refractivity contribution is 7.92. The highest BCUT2D eigenvalue weighted by Gasteiger charge is 2.24. The molecule has 1 aromatic rings. The molecule has 1 atom stereocenters. The predicted octanol–water partition coefficient (Wildman–Crippen LogP) is 0.512. The van der Waals surface area contributed by atoms with Crippen LogP contribution in [0.4, 0.5) is 11.4 Å². The summed E-state index contributed by atoms with van der Waals surface area (Å²) in [6, 6.07) is 6.25. The van der Waals surface area contributed by atoms with Gasteiger partial charge >= 0.3 is 0 Å². The minimum absolute atomic E-state index is 0.184. The van der Waals surface area contributed by atoms with Crippen molar-refractivity contribution in [1.29, 1.82) is 5.26 Å². The SMILES string of the molecule is CC(C(=O)Nc1ccc(N)cc1C#N)S(C)(=O)=O. The molecule has 0 aromatic heterocycles. The van der Waals surface area contributed by atoms with E-state index < -0.39 is 21.0 Å². The second-order valence-corrected chi connectivity index (χ2v) is 6.24. The van der Waals surface area contributed by atoms with Gasteiger partial charge in [0.25, 0.3) is 0 Å². The standard InChI is InChI=1S/C11H13N3O3S/c1-7(18(2,16)17)11(15)14-10-4-3-9(13)5-8(10)6-12/h3-5,7H,13H2,1-2H3,(H,14,15). The zero-order valence-corrected chi connectivity index (χ0v) is 10.8. The van der Waals surface area contributed by atoms with Gasteiger partial charge in [-0.25, -0.2) is 8.42 Å². The summed E-state index contributed by atoms with van der Waals surface area (Å²) in [7, 11) is -3.47. The number of anilines is 2. The molecule has 0 saturated carbocycles. The Morgan fingerprint density at radius 1 is 1.50 bits per heavy atom. The smallest absolute Gasteiger partial charge is 0.242 e. The Labute approximate surface area is 105 Å². The van der Waals surface area contributed by atoms with Gasteiger partial charge < -0.3 is 11.1 Å². The molecule has 96 valence electrons. The Bertz CT molecular complexity index is 617. The lowest BCUT2D eigenvalue weighted by molar-refractivity contribution is -0.115. The Morgan fingerprint density at radius 3 is 2.61 bits per heavy atom. The van der Waals surface area contributed by atoms with E-state index in [0.29, 0.717) is 5.69 Å². The number of nitrogen functional groups attached to an aromatic ring is 1. The molecule has 1 amide bonds. The van der Waals surface area contributed by atoms with Crippen molar-refractivity contribution in [2.45, 2.75) is 12.2 Å². The second-order valence-electron chi connectivity index (χ2n) is 3.88. The van der Waals surface area contributed by atoms with E-state index in [1.54, 1.807) is 0 Å². The maximum atomic E-state index is 11.7. The molecule has 0 saturated heterocycles. The third-order valence-corrected chi connectivity index (χ3v) is 3.93. The molecular weight excluding hydrogens is 254 g/mol. The van der Waals surface area contributed by atoms with Crippen LogP contribution in [-0.4, -0.2) is 25.8 Å². The summed E-state index contributed by atoms with van der Waals surface area (Å²) in [5, 5.41) is 10.1. The zero-order valence-electron chi connectivity index (χ0n) is 9.97. The lowest BCUT2D eigenvalue weighted by Crippen LogP contribution is -2.32. The molecule has 1 aromatic carbocycles. The number of hydrogen-bond donors (Lipinski definition) is 2. The van der Waals surface area contributed by atoms with Gasteiger partial charge in [0, 0.05) is 11.9 Å². The van der Waals surface area contributed by atoms with Crippen molar-refractivity contribution in [1.82, 2.24) is 0 Å². The van der Waals surface area contributed by atoms with E-state index in [1.165, 1.54) is 25.1 Å². The van der Waals surface area contributed by atoms with E-state index in [-0.39, 0.29) is 11.3 Å². The molecule has 0 spiro atoms. The number of nitrogens with zero attached hydrogens (tertiary/aromatic N) is 1. The van der Waals surface area contributed by atoms with E-state index in [4.69, 9.17) is 11.0 Å². The minimum atomic E-state index is -3.47. The summed E-state index contributed by atoms with van der Waals surface area (Å²) in [4.78, 5) is 11.7. The van der Waals surface area contributed by atoms with E-state index in [9.17, 15) is 13.2 Å². The summed E-state index contributed by atoms with van der Waals surface area (Å²) in [5.41, 5.74) is 6.32. The van der Waals surface area contributed by atoms with Crippen molar-refractivity contribution in [3.8, 4) is 6.07 Å². The highest BCUT2D eigenvalue weighted by atomic mass is 32.2. The number of carbonyl (C=O) groups excluding carboxylic acids is 1. The number of amides is 1. The number of benzene rings is 1. The Morgan fingerprint density at radius 2 is 2.11 bits per heavy atom. The molecule has 0 fully saturated rings. The van der Waals surface area contributed by atoms with Gasteiger partial charge in [-0.1, -0.05) is 0 Å². The number of nitrogens with two attached hydrogens (primary N) is 1. The molecule has 7 heteroatoms. The van der Waals surface area contributed by atoms with Crippen LogP contribution in [0.25, 0.3) is 0 Å². The van der Waals surface area contributed by atoms with Crippen molar-refractivity contribution < 1.29 is 13.2 Å². The van der Waals surface area contributed by atoms with E-state index in [0.717, 1.165) is 6.26 Å². The quantitative estimate of drug-likeness (QED) is 0.775. The molecule has 1 unspecified atom stereocenters.